The van der Waals surface area contributed by atoms with Crippen LogP contribution < -0.4 is 4.72 Å². The molecule has 0 saturated heterocycles. The van der Waals surface area contributed by atoms with Crippen LogP contribution in [0.2, 0.25) is 0 Å². The predicted octanol–water partition coefficient (Wildman–Crippen LogP) is -0.989. The molecule has 4 heavy (non-hydrogen) atoms. The van der Waals surface area contributed by atoms with Crippen LogP contribution in [0.1, 0.15) is 0 Å². The number of rotatable bonds is 1. The first-order chi connectivity index (χ1) is 1.91. The molecule has 0 radical (unpaired) electrons. The minimum atomic E-state index is 0.934. The fraction of sp³-hybridized carbons (Fsp3) is 1.00. The molecule has 0 aliphatic carbocycles. The molecule has 0 amide bonds. The lowest BCUT2D eigenvalue weighted by Crippen LogP contribution is -1.97. The molecule has 0 aliphatic rings. The van der Waals surface area contributed by atoms with E-state index in [9.17, 15) is 0 Å². The van der Waals surface area contributed by atoms with Crippen LogP contribution in [0.15, 0.2) is 0 Å². The Bertz CT molecular complexity index is 10.0. The molecule has 0 fully saturated rings. The van der Waals surface area contributed by atoms with Gasteiger partial charge in [-0.25, -0.2) is 0 Å². The second kappa shape index (κ2) is 3.37. The van der Waals surface area contributed by atoms with Crippen LogP contribution in [-0.4, -0.2) is 14.3 Å². The molecule has 0 saturated carbocycles. The lowest BCUT2D eigenvalue weighted by atomic mass is 10.2. The van der Waals surface area contributed by atoms with E-state index < -0.39 is 0 Å². The van der Waals surface area contributed by atoms with Crippen LogP contribution in [0.3, 0.4) is 0 Å². The Labute approximate surface area is 32.7 Å². The highest BCUT2D eigenvalue weighted by molar-refractivity contribution is 7.78. The summed E-state index contributed by atoms with van der Waals surface area (Å²) >= 11 is 3.67. The Balaban J connectivity index is 1.97. The Morgan fingerprint density at radius 2 is 2.25 bits per heavy atom. The Morgan fingerprint density at radius 1 is 2.00 bits per heavy atom. The lowest BCUT2D eigenvalue weighted by molar-refractivity contribution is 1.24. The summed E-state index contributed by atoms with van der Waals surface area (Å²) < 4.78 is 2.62. The third-order valence-electron chi connectivity index (χ3n) is 0.158. The summed E-state index contributed by atoms with van der Waals surface area (Å²) in [5.74, 6) is 0. The molecule has 0 aromatic heterocycles. The average molecular weight is 74.9 g/mol. The van der Waals surface area contributed by atoms with Gasteiger partial charge in [0.05, 0.1) is 0 Å². The summed E-state index contributed by atoms with van der Waals surface area (Å²) in [4.78, 5) is 0. The van der Waals surface area contributed by atoms with Gasteiger partial charge in [-0.15, -0.1) is 12.8 Å². The van der Waals surface area contributed by atoms with Gasteiger partial charge in [0.15, 0.2) is 0 Å². The summed E-state index contributed by atoms with van der Waals surface area (Å²) in [6.45, 7) is 0. The molecule has 0 aliphatic heterocycles. The summed E-state index contributed by atoms with van der Waals surface area (Å²) in [6.07, 6.45) is 0.934. The summed E-state index contributed by atoms with van der Waals surface area (Å²) in [6, 6.07) is 0. The van der Waals surface area contributed by atoms with Gasteiger partial charge in [0.25, 0.3) is 0 Å². The van der Waals surface area contributed by atoms with Crippen LogP contribution in [0.5, 0.6) is 0 Å². The van der Waals surface area contributed by atoms with Crippen molar-refractivity contribution in [2.45, 2.75) is 0 Å². The van der Waals surface area contributed by atoms with Crippen molar-refractivity contribution in [1.82, 2.24) is 4.72 Å². The molecule has 0 unspecified atom stereocenters. The molecule has 0 spiro atoms. The first-order valence-electron chi connectivity index (χ1n) is 1.28. The second-order valence-corrected chi connectivity index (χ2v) is 0.828. The molecule has 0 rings (SSSR count). The molecule has 0 bridgehead atoms. The van der Waals surface area contributed by atoms with Gasteiger partial charge in [0, 0.05) is 0 Å². The van der Waals surface area contributed by atoms with Crippen molar-refractivity contribution in [3.63, 3.8) is 0 Å². The van der Waals surface area contributed by atoms with E-state index in [1.165, 1.54) is 0 Å². The van der Waals surface area contributed by atoms with E-state index in [-0.39, 0.29) is 0 Å². The van der Waals surface area contributed by atoms with Gasteiger partial charge >= 0.3 is 0 Å². The number of hydrogen-bond acceptors (Lipinski definition) is 2. The highest BCUT2D eigenvalue weighted by atomic mass is 32.1. The third kappa shape index (κ3) is 2.37. The molecule has 0 heterocycles. The molecule has 3 heteroatoms. The van der Waals surface area contributed by atoms with E-state index >= 15 is 0 Å². The van der Waals surface area contributed by atoms with Gasteiger partial charge < -0.3 is 0 Å². The monoisotopic (exact) mass is 75.0 g/mol. The fourth-order valence-electron chi connectivity index (χ4n) is 0. The van der Waals surface area contributed by atoms with Crippen LogP contribution in [0.4, 0.5) is 0 Å². The highest BCUT2D eigenvalue weighted by Crippen LogP contribution is 1.45. The average Bonchev–Trinajstić information content (AvgIpc) is 1.37. The first-order valence-corrected chi connectivity index (χ1v) is 1.73. The summed E-state index contributed by atoms with van der Waals surface area (Å²) in [5, 5.41) is 0. The zero-order valence-electron chi connectivity index (χ0n) is 2.65. The largest absolute Gasteiger partial charge is 0.275 e. The lowest BCUT2D eigenvalue weighted by Gasteiger charge is -1.74. The maximum atomic E-state index is 3.67. The van der Waals surface area contributed by atoms with Gasteiger partial charge in [0.1, 0.15) is 7.85 Å². The molecule has 1 N–H and O–H groups in total. The molecule has 0 atom stereocenters. The molecule has 24 valence electrons. The molecule has 1 nitrogen and oxygen atoms in total. The molecule has 0 aromatic rings. The van der Waals surface area contributed by atoms with Crippen molar-refractivity contribution in [2.24, 2.45) is 0 Å². The maximum absolute atomic E-state index is 3.67. The fourth-order valence-corrected chi connectivity index (χ4v) is 0. The standard InChI is InChI=1S/CH6BNS/c2-1-3-4/h3-4H,1-2H2. The van der Waals surface area contributed by atoms with Gasteiger partial charge in [-0.05, 0) is 6.44 Å². The SMILES string of the molecule is BCNS. The van der Waals surface area contributed by atoms with Gasteiger partial charge in [-0.3, -0.25) is 4.72 Å². The van der Waals surface area contributed by atoms with Crippen molar-refractivity contribution in [2.75, 3.05) is 6.44 Å². The van der Waals surface area contributed by atoms with E-state index in [0.29, 0.717) is 0 Å². The normalized spacial score (nSPS) is 7.25. The van der Waals surface area contributed by atoms with Crippen molar-refractivity contribution >= 4 is 20.7 Å². The minimum Gasteiger partial charge on any atom is -0.275 e. The first kappa shape index (κ1) is 4.37. The summed E-state index contributed by atoms with van der Waals surface area (Å²) in [7, 11) is 1.99. The van der Waals surface area contributed by atoms with Crippen LogP contribution in [-0.2, 0) is 0 Å². The van der Waals surface area contributed by atoms with E-state index in [1.807, 2.05) is 7.85 Å². The zero-order chi connectivity index (χ0) is 3.41. The van der Waals surface area contributed by atoms with E-state index in [2.05, 4.69) is 17.5 Å². The maximum Gasteiger partial charge on any atom is 0.120 e. The minimum absolute atomic E-state index is 0.934. The number of thiol groups is 1. The van der Waals surface area contributed by atoms with Crippen molar-refractivity contribution in [1.29, 1.82) is 0 Å². The Morgan fingerprint density at radius 3 is 2.25 bits per heavy atom. The van der Waals surface area contributed by atoms with E-state index in [1.54, 1.807) is 0 Å². The highest BCUT2D eigenvalue weighted by Gasteiger charge is 1.53. The van der Waals surface area contributed by atoms with Crippen LogP contribution in [0.25, 0.3) is 0 Å². The number of hydrogen-bond donors (Lipinski definition) is 2. The molecule has 0 aromatic carbocycles. The van der Waals surface area contributed by atoms with Crippen LogP contribution >= 0.6 is 12.8 Å². The topological polar surface area (TPSA) is 12.0 Å². The van der Waals surface area contributed by atoms with Gasteiger partial charge in [0.2, 0.25) is 0 Å². The third-order valence-corrected chi connectivity index (χ3v) is 0.474. The van der Waals surface area contributed by atoms with E-state index in [4.69, 9.17) is 0 Å². The summed E-state index contributed by atoms with van der Waals surface area (Å²) in [5.41, 5.74) is 0. The predicted molar refractivity (Wildman–Crippen MR) is 25.5 cm³/mol. The smallest absolute Gasteiger partial charge is 0.120 e. The van der Waals surface area contributed by atoms with Crippen molar-refractivity contribution in [3.8, 4) is 0 Å². The Hall–Kier alpha value is 0.375. The second-order valence-electron chi connectivity index (χ2n) is 0.512. The van der Waals surface area contributed by atoms with Crippen molar-refractivity contribution in [3.05, 3.63) is 0 Å². The van der Waals surface area contributed by atoms with Gasteiger partial charge in [-0.1, -0.05) is 0 Å². The Kier molecular flexibility index (Phi) is 3.69. The quantitative estimate of drug-likeness (QED) is 0.301. The van der Waals surface area contributed by atoms with Crippen molar-refractivity contribution < 1.29 is 0 Å². The zero-order valence-corrected chi connectivity index (χ0v) is 3.55. The molecular formula is CH6BNS. The molecular weight excluding hydrogens is 68.9 g/mol. The van der Waals surface area contributed by atoms with E-state index in [0.717, 1.165) is 6.44 Å². The number of nitrogens with one attached hydrogen (secondary N) is 1. The van der Waals surface area contributed by atoms with Gasteiger partial charge in [-0.2, -0.15) is 0 Å². The van der Waals surface area contributed by atoms with Crippen LogP contribution in [0, 0.1) is 0 Å².